The van der Waals surface area contributed by atoms with E-state index in [2.05, 4.69) is 30.7 Å². The Labute approximate surface area is 120 Å². The number of rotatable bonds is 2. The number of hydrogen-bond acceptors (Lipinski definition) is 4. The van der Waals surface area contributed by atoms with E-state index in [0.717, 1.165) is 36.7 Å². The van der Waals surface area contributed by atoms with Crippen molar-refractivity contribution in [1.29, 1.82) is 0 Å². The highest BCUT2D eigenvalue weighted by Gasteiger charge is 2.27. The summed E-state index contributed by atoms with van der Waals surface area (Å²) >= 11 is 6.26. The van der Waals surface area contributed by atoms with Gasteiger partial charge < -0.3 is 9.64 Å². The topological polar surface area (TPSA) is 38.2 Å². The normalized spacial score (nSPS) is 20.1. The van der Waals surface area contributed by atoms with E-state index in [1.807, 2.05) is 6.92 Å². The summed E-state index contributed by atoms with van der Waals surface area (Å²) in [4.78, 5) is 11.4. The lowest BCUT2D eigenvalue weighted by molar-refractivity contribution is 0.121. The van der Waals surface area contributed by atoms with Crippen LogP contribution >= 0.6 is 11.6 Å². The number of hydrogen-bond donors (Lipinski definition) is 0. The first-order valence-electron chi connectivity index (χ1n) is 6.65. The Bertz CT molecular complexity index is 470. The molecular formula is C14H22ClN3O. The maximum absolute atomic E-state index is 6.26. The van der Waals surface area contributed by atoms with Crippen molar-refractivity contribution >= 4 is 17.4 Å². The Balaban J connectivity index is 2.37. The predicted octanol–water partition coefficient (Wildman–Crippen LogP) is 2.96. The van der Waals surface area contributed by atoms with Crippen molar-refractivity contribution in [1.82, 2.24) is 9.97 Å². The average molecular weight is 284 g/mol. The molecule has 2 heterocycles. The van der Waals surface area contributed by atoms with Gasteiger partial charge in [-0.05, 0) is 13.3 Å². The molecule has 0 amide bonds. The number of anilines is 1. The summed E-state index contributed by atoms with van der Waals surface area (Å²) in [5.74, 6) is 1.74. The smallest absolute Gasteiger partial charge is 0.137 e. The molecular weight excluding hydrogens is 262 g/mol. The summed E-state index contributed by atoms with van der Waals surface area (Å²) in [5.41, 5.74) is 0.846. The Morgan fingerprint density at radius 1 is 1.32 bits per heavy atom. The van der Waals surface area contributed by atoms with E-state index in [9.17, 15) is 0 Å². The fraction of sp³-hybridized carbons (Fsp3) is 0.714. The van der Waals surface area contributed by atoms with E-state index in [0.29, 0.717) is 5.15 Å². The molecule has 1 aromatic heterocycles. The van der Waals surface area contributed by atoms with Gasteiger partial charge in [0.1, 0.15) is 16.8 Å². The molecule has 0 radical (unpaired) electrons. The van der Waals surface area contributed by atoms with E-state index in [1.54, 1.807) is 7.11 Å². The van der Waals surface area contributed by atoms with Crippen LogP contribution in [0, 0.1) is 6.92 Å². The van der Waals surface area contributed by atoms with Crippen LogP contribution in [0.25, 0.3) is 0 Å². The highest BCUT2D eigenvalue weighted by Crippen LogP contribution is 2.30. The van der Waals surface area contributed by atoms with Crippen molar-refractivity contribution < 1.29 is 4.74 Å². The van der Waals surface area contributed by atoms with Crippen LogP contribution in [-0.2, 0) is 10.2 Å². The third kappa shape index (κ3) is 3.00. The standard InChI is InChI=1S/C14H22ClN3O/c1-9-11(15)16-13(14(2,3)4)17-12(9)18-7-6-10(8-18)19-5/h10H,6-8H2,1-5H3. The van der Waals surface area contributed by atoms with Gasteiger partial charge in [0.15, 0.2) is 0 Å². The summed E-state index contributed by atoms with van der Waals surface area (Å²) in [7, 11) is 1.76. The van der Waals surface area contributed by atoms with E-state index >= 15 is 0 Å². The summed E-state index contributed by atoms with van der Waals surface area (Å²) in [6.45, 7) is 10.1. The number of halogens is 1. The summed E-state index contributed by atoms with van der Waals surface area (Å²) < 4.78 is 5.41. The first-order chi connectivity index (χ1) is 8.82. The van der Waals surface area contributed by atoms with Crippen LogP contribution in [0.3, 0.4) is 0 Å². The van der Waals surface area contributed by atoms with Gasteiger partial charge in [-0.3, -0.25) is 0 Å². The molecule has 1 aliphatic rings. The molecule has 0 spiro atoms. The van der Waals surface area contributed by atoms with Gasteiger partial charge in [0, 0.05) is 31.2 Å². The minimum absolute atomic E-state index is 0.105. The van der Waals surface area contributed by atoms with Crippen molar-refractivity contribution in [2.24, 2.45) is 0 Å². The molecule has 5 heteroatoms. The van der Waals surface area contributed by atoms with Gasteiger partial charge >= 0.3 is 0 Å². The Morgan fingerprint density at radius 2 is 2.00 bits per heavy atom. The fourth-order valence-electron chi connectivity index (χ4n) is 2.23. The molecule has 0 N–H and O–H groups in total. The zero-order valence-corrected chi connectivity index (χ0v) is 13.1. The highest BCUT2D eigenvalue weighted by molar-refractivity contribution is 6.30. The van der Waals surface area contributed by atoms with Crippen LogP contribution in [0.1, 0.15) is 38.6 Å². The quantitative estimate of drug-likeness (QED) is 0.782. The molecule has 106 valence electrons. The van der Waals surface area contributed by atoms with Crippen molar-refractivity contribution in [3.63, 3.8) is 0 Å². The van der Waals surface area contributed by atoms with Crippen LogP contribution in [0.15, 0.2) is 0 Å². The zero-order chi connectivity index (χ0) is 14.2. The van der Waals surface area contributed by atoms with Gasteiger partial charge in [-0.15, -0.1) is 0 Å². The maximum atomic E-state index is 6.26. The fourth-order valence-corrected chi connectivity index (χ4v) is 2.40. The largest absolute Gasteiger partial charge is 0.380 e. The van der Waals surface area contributed by atoms with E-state index in [-0.39, 0.29) is 11.5 Å². The number of aromatic nitrogens is 2. The van der Waals surface area contributed by atoms with E-state index in [4.69, 9.17) is 21.3 Å². The van der Waals surface area contributed by atoms with Crippen molar-refractivity contribution in [2.75, 3.05) is 25.1 Å². The molecule has 2 rings (SSSR count). The van der Waals surface area contributed by atoms with Gasteiger partial charge in [-0.25, -0.2) is 9.97 Å². The molecule has 1 atom stereocenters. The Hall–Kier alpha value is -0.870. The van der Waals surface area contributed by atoms with Gasteiger partial charge in [-0.1, -0.05) is 32.4 Å². The molecule has 1 aromatic rings. The molecule has 0 saturated carbocycles. The molecule has 1 saturated heterocycles. The molecule has 0 bridgehead atoms. The van der Waals surface area contributed by atoms with Gasteiger partial charge in [0.05, 0.1) is 6.10 Å². The minimum Gasteiger partial charge on any atom is -0.380 e. The van der Waals surface area contributed by atoms with E-state index in [1.165, 1.54) is 0 Å². The average Bonchev–Trinajstić information content (AvgIpc) is 2.79. The lowest BCUT2D eigenvalue weighted by Gasteiger charge is -2.24. The molecule has 1 fully saturated rings. The third-order valence-electron chi connectivity index (χ3n) is 3.51. The van der Waals surface area contributed by atoms with Crippen LogP contribution in [0.4, 0.5) is 5.82 Å². The van der Waals surface area contributed by atoms with Gasteiger partial charge in [0.2, 0.25) is 0 Å². The molecule has 4 nitrogen and oxygen atoms in total. The van der Waals surface area contributed by atoms with Crippen LogP contribution in [-0.4, -0.2) is 36.3 Å². The molecule has 0 aromatic carbocycles. The monoisotopic (exact) mass is 283 g/mol. The molecule has 1 aliphatic heterocycles. The Morgan fingerprint density at radius 3 is 2.53 bits per heavy atom. The van der Waals surface area contributed by atoms with Crippen molar-refractivity contribution in [2.45, 2.75) is 45.6 Å². The summed E-state index contributed by atoms with van der Waals surface area (Å²) in [6.07, 6.45) is 1.31. The van der Waals surface area contributed by atoms with E-state index < -0.39 is 0 Å². The number of methoxy groups -OCH3 is 1. The molecule has 0 aliphatic carbocycles. The second-order valence-corrected chi connectivity index (χ2v) is 6.49. The SMILES string of the molecule is COC1CCN(c2nc(C(C)(C)C)nc(Cl)c2C)C1. The van der Waals surface area contributed by atoms with Crippen molar-refractivity contribution in [3.8, 4) is 0 Å². The second kappa shape index (κ2) is 5.25. The lowest BCUT2D eigenvalue weighted by atomic mass is 9.95. The summed E-state index contributed by atoms with van der Waals surface area (Å²) in [6, 6.07) is 0. The first kappa shape index (κ1) is 14.5. The van der Waals surface area contributed by atoms with Gasteiger partial charge in [0.25, 0.3) is 0 Å². The number of ether oxygens (including phenoxy) is 1. The molecule has 19 heavy (non-hydrogen) atoms. The zero-order valence-electron chi connectivity index (χ0n) is 12.3. The lowest BCUT2D eigenvalue weighted by Crippen LogP contribution is -2.26. The predicted molar refractivity (Wildman–Crippen MR) is 78.1 cm³/mol. The summed E-state index contributed by atoms with van der Waals surface area (Å²) in [5, 5.41) is 0.552. The van der Waals surface area contributed by atoms with Crippen molar-refractivity contribution in [3.05, 3.63) is 16.5 Å². The highest BCUT2D eigenvalue weighted by atomic mass is 35.5. The Kier molecular flexibility index (Phi) is 4.02. The third-order valence-corrected chi connectivity index (χ3v) is 3.88. The van der Waals surface area contributed by atoms with Gasteiger partial charge in [-0.2, -0.15) is 0 Å². The van der Waals surface area contributed by atoms with Crippen LogP contribution < -0.4 is 4.90 Å². The number of nitrogens with zero attached hydrogens (tertiary/aromatic N) is 3. The minimum atomic E-state index is -0.105. The second-order valence-electron chi connectivity index (χ2n) is 6.13. The molecule has 1 unspecified atom stereocenters. The first-order valence-corrected chi connectivity index (χ1v) is 7.03. The maximum Gasteiger partial charge on any atom is 0.137 e. The van der Waals surface area contributed by atoms with Crippen LogP contribution in [0.2, 0.25) is 5.15 Å². The van der Waals surface area contributed by atoms with Crippen LogP contribution in [0.5, 0.6) is 0 Å².